The first-order chi connectivity index (χ1) is 11.2. The van der Waals surface area contributed by atoms with E-state index in [4.69, 9.17) is 11.6 Å². The van der Waals surface area contributed by atoms with Gasteiger partial charge >= 0.3 is 0 Å². The van der Waals surface area contributed by atoms with Crippen LogP contribution < -0.4 is 5.32 Å². The summed E-state index contributed by atoms with van der Waals surface area (Å²) < 4.78 is 1.67. The third kappa shape index (κ3) is 3.02. The number of amides is 1. The lowest BCUT2D eigenvalue weighted by Crippen LogP contribution is -2.27. The summed E-state index contributed by atoms with van der Waals surface area (Å²) in [6.45, 7) is 0. The first-order valence-corrected chi connectivity index (χ1v) is 8.67. The highest BCUT2D eigenvalue weighted by Gasteiger charge is 2.26. The fraction of sp³-hybridized carbons (Fsp3) is 0.176. The molecular weight excluding hydrogens is 330 g/mol. The van der Waals surface area contributed by atoms with Crippen LogP contribution in [0, 0.1) is 0 Å². The van der Waals surface area contributed by atoms with E-state index in [-0.39, 0.29) is 5.91 Å². The Labute approximate surface area is 142 Å². The Morgan fingerprint density at radius 2 is 2.13 bits per heavy atom. The van der Waals surface area contributed by atoms with Crippen LogP contribution in [0.4, 0.5) is 0 Å². The normalized spacial score (nSPS) is 14.0. The first-order valence-electron chi connectivity index (χ1n) is 7.41. The maximum absolute atomic E-state index is 12.6. The molecule has 0 bridgehead atoms. The molecule has 4 nitrogen and oxygen atoms in total. The van der Waals surface area contributed by atoms with Crippen molar-refractivity contribution >= 4 is 28.8 Å². The Morgan fingerprint density at radius 3 is 2.83 bits per heavy atom. The predicted octanol–water partition coefficient (Wildman–Crippen LogP) is 4.15. The van der Waals surface area contributed by atoms with E-state index < -0.39 is 0 Å². The zero-order valence-electron chi connectivity index (χ0n) is 12.2. The van der Waals surface area contributed by atoms with Gasteiger partial charge in [0.05, 0.1) is 10.6 Å². The highest BCUT2D eigenvalue weighted by molar-refractivity contribution is 7.13. The van der Waals surface area contributed by atoms with Crippen molar-refractivity contribution in [1.82, 2.24) is 15.1 Å². The molecule has 3 aromatic rings. The number of nitrogens with one attached hydrogen (secondary N) is 1. The number of halogens is 1. The second-order valence-corrected chi connectivity index (χ2v) is 6.92. The average molecular weight is 344 g/mol. The number of nitrogens with zero attached hydrogens (tertiary/aromatic N) is 2. The lowest BCUT2D eigenvalue weighted by Gasteiger charge is -2.08. The summed E-state index contributed by atoms with van der Waals surface area (Å²) >= 11 is 7.69. The summed E-state index contributed by atoms with van der Waals surface area (Å²) in [5, 5.41) is 10.3. The smallest absolute Gasteiger partial charge is 0.270 e. The summed E-state index contributed by atoms with van der Waals surface area (Å²) in [7, 11) is 0. The van der Waals surface area contributed by atoms with Gasteiger partial charge in [0.15, 0.2) is 0 Å². The number of rotatable bonds is 4. The van der Waals surface area contributed by atoms with Crippen molar-refractivity contribution < 1.29 is 4.79 Å². The van der Waals surface area contributed by atoms with Crippen molar-refractivity contribution in [2.24, 2.45) is 0 Å². The molecule has 1 amide bonds. The van der Waals surface area contributed by atoms with E-state index in [1.807, 2.05) is 35.7 Å². The number of carbonyl (C=O) groups is 1. The molecule has 116 valence electrons. The number of hydrogen-bond donors (Lipinski definition) is 1. The van der Waals surface area contributed by atoms with Crippen molar-refractivity contribution in [3.05, 3.63) is 58.6 Å². The average Bonchev–Trinajstić information content (AvgIpc) is 3.06. The maximum atomic E-state index is 12.6. The van der Waals surface area contributed by atoms with Crippen LogP contribution in [0.15, 0.2) is 47.8 Å². The van der Waals surface area contributed by atoms with E-state index in [0.29, 0.717) is 16.8 Å². The minimum atomic E-state index is -0.0946. The quantitative estimate of drug-likeness (QED) is 0.773. The van der Waals surface area contributed by atoms with E-state index in [9.17, 15) is 4.79 Å². The molecule has 1 aliphatic rings. The molecule has 0 saturated heterocycles. The van der Waals surface area contributed by atoms with E-state index in [2.05, 4.69) is 10.4 Å². The van der Waals surface area contributed by atoms with Gasteiger partial charge < -0.3 is 5.32 Å². The Bertz CT molecular complexity index is 853. The second kappa shape index (κ2) is 5.83. The fourth-order valence-electron chi connectivity index (χ4n) is 2.38. The Morgan fingerprint density at radius 1 is 1.26 bits per heavy atom. The molecule has 1 aromatic carbocycles. The predicted molar refractivity (Wildman–Crippen MR) is 92.4 cm³/mol. The van der Waals surface area contributed by atoms with Crippen molar-refractivity contribution in [1.29, 1.82) is 0 Å². The SMILES string of the molecule is O=C(NC1CC1)c1cc(-c2cccs2)nn1-c1cccc(Cl)c1. The molecule has 4 rings (SSSR count). The molecule has 1 N–H and O–H groups in total. The monoisotopic (exact) mass is 343 g/mol. The minimum absolute atomic E-state index is 0.0946. The summed E-state index contributed by atoms with van der Waals surface area (Å²) in [6, 6.07) is 13.5. The number of benzene rings is 1. The van der Waals surface area contributed by atoms with E-state index in [1.54, 1.807) is 28.2 Å². The third-order valence-electron chi connectivity index (χ3n) is 3.68. The van der Waals surface area contributed by atoms with Crippen LogP contribution in [-0.4, -0.2) is 21.7 Å². The molecule has 23 heavy (non-hydrogen) atoms. The molecule has 6 heteroatoms. The molecule has 2 heterocycles. The molecular formula is C17H14ClN3OS. The lowest BCUT2D eigenvalue weighted by atomic mass is 10.3. The summed E-state index contributed by atoms with van der Waals surface area (Å²) in [5.74, 6) is -0.0946. The standard InChI is InChI=1S/C17H14ClN3OS/c18-11-3-1-4-13(9-11)21-15(17(22)19-12-6-7-12)10-14(20-21)16-5-2-8-23-16/h1-5,8-10,12H,6-7H2,(H,19,22). The van der Waals surface area contributed by atoms with Crippen molar-refractivity contribution in [2.75, 3.05) is 0 Å². The molecule has 0 atom stereocenters. The largest absolute Gasteiger partial charge is 0.348 e. The van der Waals surface area contributed by atoms with Crippen LogP contribution in [0.2, 0.25) is 5.02 Å². The number of carbonyl (C=O) groups excluding carboxylic acids is 1. The molecule has 1 saturated carbocycles. The third-order valence-corrected chi connectivity index (χ3v) is 4.81. The van der Waals surface area contributed by atoms with Gasteiger partial charge in [0, 0.05) is 11.1 Å². The van der Waals surface area contributed by atoms with E-state index in [1.165, 1.54) is 0 Å². The molecule has 1 fully saturated rings. The second-order valence-electron chi connectivity index (χ2n) is 5.53. The van der Waals surface area contributed by atoms with Gasteiger partial charge in [-0.2, -0.15) is 5.10 Å². The van der Waals surface area contributed by atoms with Gasteiger partial charge in [0.1, 0.15) is 11.4 Å². The Balaban J connectivity index is 1.79. The van der Waals surface area contributed by atoms with E-state index in [0.717, 1.165) is 29.1 Å². The Hall–Kier alpha value is -2.11. The van der Waals surface area contributed by atoms with Gasteiger partial charge in [0.2, 0.25) is 0 Å². The van der Waals surface area contributed by atoms with Crippen molar-refractivity contribution in [2.45, 2.75) is 18.9 Å². The number of thiophene rings is 1. The molecule has 2 aromatic heterocycles. The summed E-state index contributed by atoms with van der Waals surface area (Å²) in [4.78, 5) is 13.6. The highest BCUT2D eigenvalue weighted by atomic mass is 35.5. The fourth-order valence-corrected chi connectivity index (χ4v) is 3.25. The van der Waals surface area contributed by atoms with Gasteiger partial charge in [-0.3, -0.25) is 4.79 Å². The van der Waals surface area contributed by atoms with Crippen molar-refractivity contribution in [3.63, 3.8) is 0 Å². The van der Waals surface area contributed by atoms with E-state index >= 15 is 0 Å². The van der Waals surface area contributed by atoms with Gasteiger partial charge in [-0.05, 0) is 48.6 Å². The summed E-state index contributed by atoms with van der Waals surface area (Å²) in [5.41, 5.74) is 2.10. The van der Waals surface area contributed by atoms with Gasteiger partial charge in [-0.15, -0.1) is 11.3 Å². The maximum Gasteiger partial charge on any atom is 0.270 e. The summed E-state index contributed by atoms with van der Waals surface area (Å²) in [6.07, 6.45) is 2.10. The zero-order valence-corrected chi connectivity index (χ0v) is 13.8. The topological polar surface area (TPSA) is 46.9 Å². The van der Waals surface area contributed by atoms with Gasteiger partial charge in [0.25, 0.3) is 5.91 Å². The molecule has 0 aliphatic heterocycles. The Kier molecular flexibility index (Phi) is 3.67. The molecule has 0 radical (unpaired) electrons. The van der Waals surface area contributed by atoms with Crippen LogP contribution >= 0.6 is 22.9 Å². The van der Waals surface area contributed by atoms with Crippen LogP contribution in [-0.2, 0) is 0 Å². The van der Waals surface area contributed by atoms with Gasteiger partial charge in [-0.25, -0.2) is 4.68 Å². The van der Waals surface area contributed by atoms with Gasteiger partial charge in [-0.1, -0.05) is 23.7 Å². The first kappa shape index (κ1) is 14.5. The molecule has 1 aliphatic carbocycles. The van der Waals surface area contributed by atoms with Crippen molar-refractivity contribution in [3.8, 4) is 16.3 Å². The van der Waals surface area contributed by atoms with Crippen LogP contribution in [0.5, 0.6) is 0 Å². The highest BCUT2D eigenvalue weighted by Crippen LogP contribution is 2.27. The van der Waals surface area contributed by atoms with Crippen LogP contribution in [0.3, 0.4) is 0 Å². The molecule has 0 unspecified atom stereocenters. The van der Waals surface area contributed by atoms with Crippen LogP contribution in [0.1, 0.15) is 23.3 Å². The minimum Gasteiger partial charge on any atom is -0.348 e. The zero-order chi connectivity index (χ0) is 15.8. The number of aromatic nitrogens is 2. The molecule has 0 spiro atoms. The number of hydrogen-bond acceptors (Lipinski definition) is 3. The lowest BCUT2D eigenvalue weighted by molar-refractivity contribution is 0.0943. The van der Waals surface area contributed by atoms with Crippen LogP contribution in [0.25, 0.3) is 16.3 Å².